The number of hydrogen-bond acceptors (Lipinski definition) is 4. The van der Waals surface area contributed by atoms with Crippen LogP contribution in [0.3, 0.4) is 0 Å². The zero-order valence-corrected chi connectivity index (χ0v) is 14.1. The second kappa shape index (κ2) is 9.39. The molecular formula is C20H21NO4. The van der Waals surface area contributed by atoms with Gasteiger partial charge in [-0.3, -0.25) is 4.79 Å². The Hall–Kier alpha value is -2.92. The molecule has 0 spiro atoms. The van der Waals surface area contributed by atoms with Gasteiger partial charge in [0.05, 0.1) is 19.3 Å². The molecule has 0 aliphatic heterocycles. The van der Waals surface area contributed by atoms with E-state index in [1.54, 1.807) is 35.2 Å². The SMILES string of the molecule is COC(=O)c1ccc(/C=C/C(=O)N(CCO)Cc2ccccc2)cc1. The summed E-state index contributed by atoms with van der Waals surface area (Å²) in [6.45, 7) is 0.603. The van der Waals surface area contributed by atoms with Crippen LogP contribution < -0.4 is 0 Å². The average Bonchev–Trinajstić information content (AvgIpc) is 2.66. The predicted molar refractivity (Wildman–Crippen MR) is 95.8 cm³/mol. The van der Waals surface area contributed by atoms with E-state index < -0.39 is 5.97 Å². The Morgan fingerprint density at radius 2 is 1.76 bits per heavy atom. The number of carbonyl (C=O) groups is 2. The van der Waals surface area contributed by atoms with Crippen molar-refractivity contribution in [1.82, 2.24) is 4.90 Å². The van der Waals surface area contributed by atoms with Gasteiger partial charge in [-0.25, -0.2) is 4.79 Å². The van der Waals surface area contributed by atoms with Crippen molar-refractivity contribution in [2.75, 3.05) is 20.3 Å². The zero-order chi connectivity index (χ0) is 18.1. The highest BCUT2D eigenvalue weighted by atomic mass is 16.5. The van der Waals surface area contributed by atoms with Crippen molar-refractivity contribution < 1.29 is 19.4 Å². The summed E-state index contributed by atoms with van der Waals surface area (Å²) in [5, 5.41) is 9.19. The third kappa shape index (κ3) is 5.58. The second-order valence-corrected chi connectivity index (χ2v) is 5.42. The molecule has 0 saturated heterocycles. The number of esters is 1. The summed E-state index contributed by atoms with van der Waals surface area (Å²) < 4.78 is 4.65. The molecule has 0 aliphatic rings. The molecule has 2 aromatic carbocycles. The molecule has 1 N–H and O–H groups in total. The Balaban J connectivity index is 2.04. The molecule has 2 rings (SSSR count). The van der Waals surface area contributed by atoms with Crippen LogP contribution in [0.25, 0.3) is 6.08 Å². The van der Waals surface area contributed by atoms with Gasteiger partial charge < -0.3 is 14.7 Å². The molecule has 2 aromatic rings. The number of carbonyl (C=O) groups excluding carboxylic acids is 2. The maximum absolute atomic E-state index is 12.4. The monoisotopic (exact) mass is 339 g/mol. The van der Waals surface area contributed by atoms with Gasteiger partial charge in [-0.05, 0) is 29.3 Å². The van der Waals surface area contributed by atoms with E-state index in [4.69, 9.17) is 0 Å². The minimum absolute atomic E-state index is 0.0970. The van der Waals surface area contributed by atoms with Crippen molar-refractivity contribution >= 4 is 18.0 Å². The third-order valence-electron chi connectivity index (χ3n) is 3.65. The summed E-state index contributed by atoms with van der Waals surface area (Å²) in [6, 6.07) is 16.4. The van der Waals surface area contributed by atoms with Gasteiger partial charge in [0.25, 0.3) is 0 Å². The second-order valence-electron chi connectivity index (χ2n) is 5.42. The molecule has 5 nitrogen and oxygen atoms in total. The Morgan fingerprint density at radius 3 is 2.36 bits per heavy atom. The number of nitrogens with zero attached hydrogens (tertiary/aromatic N) is 1. The number of aliphatic hydroxyl groups is 1. The van der Waals surface area contributed by atoms with Crippen molar-refractivity contribution in [3.05, 3.63) is 77.4 Å². The van der Waals surface area contributed by atoms with Crippen molar-refractivity contribution in [2.45, 2.75) is 6.54 Å². The number of benzene rings is 2. The fourth-order valence-corrected chi connectivity index (χ4v) is 2.31. The molecule has 0 bridgehead atoms. The highest BCUT2D eigenvalue weighted by Crippen LogP contribution is 2.09. The van der Waals surface area contributed by atoms with Crippen LogP contribution in [0.5, 0.6) is 0 Å². The van der Waals surface area contributed by atoms with Crippen molar-refractivity contribution in [2.24, 2.45) is 0 Å². The third-order valence-corrected chi connectivity index (χ3v) is 3.65. The molecule has 1 amide bonds. The minimum atomic E-state index is -0.399. The number of amides is 1. The molecule has 0 aromatic heterocycles. The Kier molecular flexibility index (Phi) is 6.92. The number of rotatable bonds is 7. The van der Waals surface area contributed by atoms with Crippen LogP contribution in [0, 0.1) is 0 Å². The summed E-state index contributed by atoms with van der Waals surface area (Å²) in [6.07, 6.45) is 3.14. The summed E-state index contributed by atoms with van der Waals surface area (Å²) in [5.41, 5.74) is 2.25. The number of hydrogen-bond donors (Lipinski definition) is 1. The number of aliphatic hydroxyl groups excluding tert-OH is 1. The molecule has 0 aliphatic carbocycles. The van der Waals surface area contributed by atoms with Gasteiger partial charge >= 0.3 is 5.97 Å². The molecule has 0 fully saturated rings. The first-order chi connectivity index (χ1) is 12.1. The van der Waals surface area contributed by atoms with Crippen molar-refractivity contribution in [3.8, 4) is 0 Å². The van der Waals surface area contributed by atoms with Crippen LogP contribution in [0.1, 0.15) is 21.5 Å². The molecule has 0 heterocycles. The minimum Gasteiger partial charge on any atom is -0.465 e. The van der Waals surface area contributed by atoms with E-state index in [9.17, 15) is 14.7 Å². The molecule has 25 heavy (non-hydrogen) atoms. The van der Waals surface area contributed by atoms with Gasteiger partial charge in [0, 0.05) is 19.2 Å². The Morgan fingerprint density at radius 1 is 1.08 bits per heavy atom. The summed E-state index contributed by atoms with van der Waals surface area (Å²) in [4.78, 5) is 25.4. The lowest BCUT2D eigenvalue weighted by atomic mass is 10.1. The van der Waals surface area contributed by atoms with Crippen molar-refractivity contribution in [3.63, 3.8) is 0 Å². The van der Waals surface area contributed by atoms with E-state index in [0.717, 1.165) is 11.1 Å². The fraction of sp³-hybridized carbons (Fsp3) is 0.200. The van der Waals surface area contributed by atoms with Gasteiger partial charge in [0.2, 0.25) is 5.91 Å². The summed E-state index contributed by atoms with van der Waals surface area (Å²) >= 11 is 0. The maximum Gasteiger partial charge on any atom is 0.337 e. The van der Waals surface area contributed by atoms with Crippen LogP contribution in [0.4, 0.5) is 0 Å². The van der Waals surface area contributed by atoms with E-state index >= 15 is 0 Å². The lowest BCUT2D eigenvalue weighted by molar-refractivity contribution is -0.127. The van der Waals surface area contributed by atoms with E-state index in [-0.39, 0.29) is 19.1 Å². The first-order valence-corrected chi connectivity index (χ1v) is 7.94. The normalized spacial score (nSPS) is 10.6. The molecule has 130 valence electrons. The first kappa shape index (κ1) is 18.4. The van der Waals surface area contributed by atoms with E-state index in [1.165, 1.54) is 13.2 Å². The van der Waals surface area contributed by atoms with Gasteiger partial charge in [-0.15, -0.1) is 0 Å². The van der Waals surface area contributed by atoms with Gasteiger partial charge in [0.15, 0.2) is 0 Å². The molecule has 0 saturated carbocycles. The van der Waals surface area contributed by atoms with E-state index in [0.29, 0.717) is 12.1 Å². The number of methoxy groups -OCH3 is 1. The molecule has 0 atom stereocenters. The Bertz CT molecular complexity index is 723. The van der Waals surface area contributed by atoms with E-state index in [1.807, 2.05) is 30.3 Å². The smallest absolute Gasteiger partial charge is 0.337 e. The van der Waals surface area contributed by atoms with Gasteiger partial charge in [-0.2, -0.15) is 0 Å². The topological polar surface area (TPSA) is 66.8 Å². The average molecular weight is 339 g/mol. The van der Waals surface area contributed by atoms with Crippen LogP contribution in [-0.4, -0.2) is 42.1 Å². The number of ether oxygens (including phenoxy) is 1. The fourth-order valence-electron chi connectivity index (χ4n) is 2.31. The van der Waals surface area contributed by atoms with Crippen LogP contribution in [-0.2, 0) is 16.1 Å². The lowest BCUT2D eigenvalue weighted by Crippen LogP contribution is -2.31. The lowest BCUT2D eigenvalue weighted by Gasteiger charge is -2.20. The quantitative estimate of drug-likeness (QED) is 0.622. The maximum atomic E-state index is 12.4. The highest BCUT2D eigenvalue weighted by Gasteiger charge is 2.10. The summed E-state index contributed by atoms with van der Waals surface area (Å²) in [5.74, 6) is -0.585. The zero-order valence-electron chi connectivity index (χ0n) is 14.1. The van der Waals surface area contributed by atoms with E-state index in [2.05, 4.69) is 4.74 Å². The summed E-state index contributed by atoms with van der Waals surface area (Å²) in [7, 11) is 1.33. The first-order valence-electron chi connectivity index (χ1n) is 7.94. The van der Waals surface area contributed by atoms with Gasteiger partial charge in [0.1, 0.15) is 0 Å². The largest absolute Gasteiger partial charge is 0.465 e. The van der Waals surface area contributed by atoms with Crippen LogP contribution >= 0.6 is 0 Å². The molecule has 0 radical (unpaired) electrons. The molecular weight excluding hydrogens is 318 g/mol. The molecule has 5 heteroatoms. The standard InChI is InChI=1S/C20H21NO4/c1-25-20(24)18-10-7-16(8-11-18)9-12-19(23)21(13-14-22)15-17-5-3-2-4-6-17/h2-12,22H,13-15H2,1H3/b12-9+. The predicted octanol–water partition coefficient (Wildman–Crippen LogP) is 2.51. The molecule has 0 unspecified atom stereocenters. The van der Waals surface area contributed by atoms with Gasteiger partial charge in [-0.1, -0.05) is 42.5 Å². The van der Waals surface area contributed by atoms with Crippen molar-refractivity contribution in [1.29, 1.82) is 0 Å². The Labute approximate surface area is 147 Å². The van der Waals surface area contributed by atoms with Crippen LogP contribution in [0.15, 0.2) is 60.7 Å². The van der Waals surface area contributed by atoms with Crippen LogP contribution in [0.2, 0.25) is 0 Å². The highest BCUT2D eigenvalue weighted by molar-refractivity contribution is 5.92.